The molecule has 2 atom stereocenters. The normalized spacial score (nSPS) is 14.6. The monoisotopic (exact) mass is 553 g/mol. The maximum absolute atomic E-state index is 13.3. The Labute approximate surface area is 243 Å². The van der Waals surface area contributed by atoms with Gasteiger partial charge in [0.05, 0.1) is 0 Å². The molecule has 4 heteroatoms. The largest absolute Gasteiger partial charge is 0.481 e. The summed E-state index contributed by atoms with van der Waals surface area (Å²) in [6.45, 7) is 11.5. The van der Waals surface area contributed by atoms with Crippen LogP contribution in [0.4, 0.5) is 0 Å². The van der Waals surface area contributed by atoms with Gasteiger partial charge in [0, 0.05) is 12.8 Å². The molecule has 0 spiro atoms. The third-order valence-corrected chi connectivity index (χ3v) is 8.90. The molecule has 0 aliphatic rings. The molecule has 0 heterocycles. The molecular formula is C35H68O4. The van der Waals surface area contributed by atoms with Crippen LogP contribution in [-0.4, -0.2) is 22.6 Å². The van der Waals surface area contributed by atoms with E-state index in [1.165, 1.54) is 83.5 Å². The summed E-state index contributed by atoms with van der Waals surface area (Å²) in [6, 6.07) is 0. The average molecular weight is 553 g/mol. The van der Waals surface area contributed by atoms with Gasteiger partial charge in [-0.3, -0.25) is 9.59 Å². The van der Waals surface area contributed by atoms with Gasteiger partial charge >= 0.3 is 11.9 Å². The average Bonchev–Trinajstić information content (AvgIpc) is 2.90. The van der Waals surface area contributed by atoms with Crippen molar-refractivity contribution in [3.05, 3.63) is 0 Å². The molecule has 39 heavy (non-hydrogen) atoms. The third-order valence-electron chi connectivity index (χ3n) is 8.90. The van der Waals surface area contributed by atoms with Gasteiger partial charge in [0.1, 0.15) is 5.60 Å². The van der Waals surface area contributed by atoms with Crippen LogP contribution in [0.3, 0.4) is 0 Å². The minimum absolute atomic E-state index is 0.00475. The number of carbonyl (C=O) groups excluding carboxylic acids is 1. The Morgan fingerprint density at radius 3 is 1.41 bits per heavy atom. The lowest BCUT2D eigenvalue weighted by Gasteiger charge is -2.44. The molecule has 0 saturated carbocycles. The van der Waals surface area contributed by atoms with Gasteiger partial charge in [0.2, 0.25) is 0 Å². The molecule has 0 bridgehead atoms. The summed E-state index contributed by atoms with van der Waals surface area (Å²) in [4.78, 5) is 23.9. The number of ether oxygens (including phenoxy) is 1. The molecule has 0 aromatic heterocycles. The van der Waals surface area contributed by atoms with Crippen LogP contribution in [0.1, 0.15) is 195 Å². The highest BCUT2D eigenvalue weighted by Gasteiger charge is 2.43. The lowest BCUT2D eigenvalue weighted by molar-refractivity contribution is -0.177. The topological polar surface area (TPSA) is 63.6 Å². The van der Waals surface area contributed by atoms with E-state index in [0.717, 1.165) is 64.2 Å². The molecule has 0 radical (unpaired) electrons. The first kappa shape index (κ1) is 37.9. The molecule has 0 aromatic carbocycles. The second kappa shape index (κ2) is 25.9. The lowest BCUT2D eigenvalue weighted by atomic mass is 9.71. The van der Waals surface area contributed by atoms with Crippen LogP contribution in [0.5, 0.6) is 0 Å². The summed E-state index contributed by atoms with van der Waals surface area (Å²) in [6.07, 6.45) is 27.6. The maximum atomic E-state index is 13.3. The van der Waals surface area contributed by atoms with Gasteiger partial charge in [0.25, 0.3) is 0 Å². The second-order valence-electron chi connectivity index (χ2n) is 12.5. The SMILES string of the molecule is CCCCCCCCCCC(OC(=O)CCCCCCCCC(=O)O)(C(C)CCCCC)C(C)CCCCC. The van der Waals surface area contributed by atoms with Crippen LogP contribution < -0.4 is 0 Å². The Hall–Kier alpha value is -1.06. The summed E-state index contributed by atoms with van der Waals surface area (Å²) < 4.78 is 6.65. The molecule has 1 N–H and O–H groups in total. The Balaban J connectivity index is 5.13. The van der Waals surface area contributed by atoms with Crippen molar-refractivity contribution in [3.63, 3.8) is 0 Å². The maximum Gasteiger partial charge on any atom is 0.306 e. The minimum Gasteiger partial charge on any atom is -0.481 e. The van der Waals surface area contributed by atoms with E-state index in [2.05, 4.69) is 34.6 Å². The van der Waals surface area contributed by atoms with Crippen LogP contribution >= 0.6 is 0 Å². The molecule has 0 fully saturated rings. The zero-order valence-electron chi connectivity index (χ0n) is 27.0. The smallest absolute Gasteiger partial charge is 0.306 e. The Bertz CT molecular complexity index is 557. The molecule has 0 aliphatic heterocycles. The van der Waals surface area contributed by atoms with Crippen molar-refractivity contribution in [3.8, 4) is 0 Å². The fourth-order valence-corrected chi connectivity index (χ4v) is 6.17. The number of aliphatic carboxylic acids is 1. The van der Waals surface area contributed by atoms with Crippen molar-refractivity contribution >= 4 is 11.9 Å². The first-order valence-corrected chi connectivity index (χ1v) is 17.3. The van der Waals surface area contributed by atoms with Crippen molar-refractivity contribution in [2.45, 2.75) is 201 Å². The molecule has 2 unspecified atom stereocenters. The Kier molecular flexibility index (Phi) is 25.2. The number of rotatable bonds is 29. The van der Waals surface area contributed by atoms with Gasteiger partial charge in [-0.1, -0.05) is 144 Å². The highest BCUT2D eigenvalue weighted by Crippen LogP contribution is 2.41. The third kappa shape index (κ3) is 19.6. The van der Waals surface area contributed by atoms with Gasteiger partial charge in [0.15, 0.2) is 0 Å². The molecule has 0 saturated heterocycles. The van der Waals surface area contributed by atoms with E-state index in [1.807, 2.05) is 0 Å². The van der Waals surface area contributed by atoms with Gasteiger partial charge in [-0.2, -0.15) is 0 Å². The van der Waals surface area contributed by atoms with E-state index in [0.29, 0.717) is 18.3 Å². The van der Waals surface area contributed by atoms with E-state index in [4.69, 9.17) is 9.84 Å². The Morgan fingerprint density at radius 1 is 0.564 bits per heavy atom. The lowest BCUT2D eigenvalue weighted by Crippen LogP contribution is -2.47. The highest BCUT2D eigenvalue weighted by molar-refractivity contribution is 5.70. The molecule has 4 nitrogen and oxygen atoms in total. The van der Waals surface area contributed by atoms with E-state index < -0.39 is 5.97 Å². The van der Waals surface area contributed by atoms with Crippen LogP contribution in [-0.2, 0) is 14.3 Å². The van der Waals surface area contributed by atoms with Crippen molar-refractivity contribution in [1.82, 2.24) is 0 Å². The molecule has 232 valence electrons. The van der Waals surface area contributed by atoms with Gasteiger partial charge < -0.3 is 9.84 Å². The van der Waals surface area contributed by atoms with Crippen molar-refractivity contribution in [2.75, 3.05) is 0 Å². The van der Waals surface area contributed by atoms with E-state index in [-0.39, 0.29) is 18.0 Å². The second-order valence-corrected chi connectivity index (χ2v) is 12.5. The summed E-state index contributed by atoms with van der Waals surface area (Å²) >= 11 is 0. The number of hydrogen-bond donors (Lipinski definition) is 1. The summed E-state index contributed by atoms with van der Waals surface area (Å²) in [5.41, 5.74) is -0.336. The number of carboxylic acid groups (broad SMARTS) is 1. The Morgan fingerprint density at radius 2 is 0.949 bits per heavy atom. The van der Waals surface area contributed by atoms with Crippen molar-refractivity contribution in [2.24, 2.45) is 11.8 Å². The number of esters is 1. The van der Waals surface area contributed by atoms with Crippen LogP contribution in [0.25, 0.3) is 0 Å². The van der Waals surface area contributed by atoms with Gasteiger partial charge in [-0.05, 0) is 50.4 Å². The fraction of sp³-hybridized carbons (Fsp3) is 0.943. The summed E-state index contributed by atoms with van der Waals surface area (Å²) in [7, 11) is 0. The van der Waals surface area contributed by atoms with Crippen LogP contribution in [0.2, 0.25) is 0 Å². The predicted octanol–water partition coefficient (Wildman–Crippen LogP) is 11.4. The van der Waals surface area contributed by atoms with Crippen molar-refractivity contribution < 1.29 is 19.4 Å². The molecule has 0 amide bonds. The summed E-state index contributed by atoms with van der Waals surface area (Å²) in [5, 5.41) is 8.78. The minimum atomic E-state index is -0.707. The first-order chi connectivity index (χ1) is 18.8. The predicted molar refractivity (Wildman–Crippen MR) is 167 cm³/mol. The zero-order chi connectivity index (χ0) is 29.2. The fourth-order valence-electron chi connectivity index (χ4n) is 6.17. The van der Waals surface area contributed by atoms with E-state index >= 15 is 0 Å². The first-order valence-electron chi connectivity index (χ1n) is 17.3. The molecule has 0 rings (SSSR count). The molecule has 0 aromatic rings. The quantitative estimate of drug-likeness (QED) is 0.0740. The number of carboxylic acids is 1. The van der Waals surface area contributed by atoms with Crippen LogP contribution in [0, 0.1) is 11.8 Å². The van der Waals surface area contributed by atoms with Crippen molar-refractivity contribution in [1.29, 1.82) is 0 Å². The number of hydrogen-bond acceptors (Lipinski definition) is 3. The standard InChI is InChI=1S/C35H68O4/c1-6-9-12-13-14-17-20-25-30-35(31(4)26-21-10-7-2,32(5)27-22-11-8-3)39-34(38)29-24-19-16-15-18-23-28-33(36)37/h31-32H,6-30H2,1-5H3,(H,36,37). The van der Waals surface area contributed by atoms with Crippen LogP contribution in [0.15, 0.2) is 0 Å². The molecular weight excluding hydrogens is 484 g/mol. The van der Waals surface area contributed by atoms with E-state index in [1.54, 1.807) is 0 Å². The number of unbranched alkanes of at least 4 members (excludes halogenated alkanes) is 16. The summed E-state index contributed by atoms with van der Waals surface area (Å²) in [5.74, 6) is 0.0815. The number of carbonyl (C=O) groups is 2. The zero-order valence-corrected chi connectivity index (χ0v) is 27.0. The van der Waals surface area contributed by atoms with Gasteiger partial charge in [-0.25, -0.2) is 0 Å². The molecule has 0 aliphatic carbocycles. The highest BCUT2D eigenvalue weighted by atomic mass is 16.6. The van der Waals surface area contributed by atoms with E-state index in [9.17, 15) is 9.59 Å². The van der Waals surface area contributed by atoms with Gasteiger partial charge in [-0.15, -0.1) is 0 Å².